The summed E-state index contributed by atoms with van der Waals surface area (Å²) in [5.41, 5.74) is 1.30. The van der Waals surface area contributed by atoms with Gasteiger partial charge in [-0.05, 0) is 31.0 Å². The van der Waals surface area contributed by atoms with Crippen molar-refractivity contribution in [1.29, 1.82) is 0 Å². The monoisotopic (exact) mass is 287 g/mol. The van der Waals surface area contributed by atoms with Gasteiger partial charge in [-0.1, -0.05) is 32.1 Å². The summed E-state index contributed by atoms with van der Waals surface area (Å²) >= 11 is 0. The van der Waals surface area contributed by atoms with Gasteiger partial charge < -0.3 is 10.1 Å². The number of ether oxygens (including phenoxy) is 1. The molecule has 3 rings (SSSR count). The number of hydrogen-bond acceptors (Lipinski definition) is 3. The molecule has 2 aliphatic rings. The van der Waals surface area contributed by atoms with Gasteiger partial charge in [0.05, 0.1) is 5.69 Å². The lowest BCUT2D eigenvalue weighted by atomic mass is 9.85. The van der Waals surface area contributed by atoms with Crippen molar-refractivity contribution in [3.05, 3.63) is 23.8 Å². The summed E-state index contributed by atoms with van der Waals surface area (Å²) in [5.74, 6) is 0.810. The minimum Gasteiger partial charge on any atom is -0.482 e. The Morgan fingerprint density at radius 1 is 1.10 bits per heavy atom. The van der Waals surface area contributed by atoms with Crippen molar-refractivity contribution in [2.45, 2.75) is 44.9 Å². The fraction of sp³-hybridized carbons (Fsp3) is 0.529. The number of hydrogen-bond donors (Lipinski definition) is 1. The van der Waals surface area contributed by atoms with E-state index in [1.165, 1.54) is 19.3 Å². The summed E-state index contributed by atoms with van der Waals surface area (Å²) in [6, 6.07) is 5.36. The van der Waals surface area contributed by atoms with E-state index in [2.05, 4.69) is 5.32 Å². The number of carbonyl (C=O) groups is 2. The third kappa shape index (κ3) is 3.26. The zero-order valence-electron chi connectivity index (χ0n) is 12.2. The van der Waals surface area contributed by atoms with Crippen LogP contribution in [0.2, 0.25) is 0 Å². The van der Waals surface area contributed by atoms with Crippen molar-refractivity contribution in [2.24, 2.45) is 5.92 Å². The molecule has 1 saturated carbocycles. The van der Waals surface area contributed by atoms with Gasteiger partial charge in [-0.3, -0.25) is 9.59 Å². The van der Waals surface area contributed by atoms with Crippen LogP contribution in [0.25, 0.3) is 0 Å². The van der Waals surface area contributed by atoms with Gasteiger partial charge in [0.15, 0.2) is 12.4 Å². The Hall–Kier alpha value is -1.84. The van der Waals surface area contributed by atoms with Crippen molar-refractivity contribution >= 4 is 17.4 Å². The van der Waals surface area contributed by atoms with E-state index in [1.807, 2.05) is 6.07 Å². The molecule has 4 heteroatoms. The molecule has 0 spiro atoms. The van der Waals surface area contributed by atoms with Crippen LogP contribution in [-0.4, -0.2) is 18.3 Å². The standard InChI is InChI=1S/C17H21NO3/c19-16-11-21-15-9-8-13(10-14(15)18-16)17(20)12-6-4-2-1-3-5-7-12/h8-10,12H,1-7,11H2,(H,18,19). The number of rotatable bonds is 2. The fourth-order valence-electron chi connectivity index (χ4n) is 3.19. The Balaban J connectivity index is 1.77. The van der Waals surface area contributed by atoms with Crippen LogP contribution in [-0.2, 0) is 4.79 Å². The predicted molar refractivity (Wildman–Crippen MR) is 80.7 cm³/mol. The highest BCUT2D eigenvalue weighted by atomic mass is 16.5. The fourth-order valence-corrected chi connectivity index (χ4v) is 3.19. The Kier molecular flexibility index (Phi) is 4.23. The lowest BCUT2D eigenvalue weighted by Gasteiger charge is -2.21. The minimum atomic E-state index is -0.168. The predicted octanol–water partition coefficient (Wildman–Crippen LogP) is 3.56. The van der Waals surface area contributed by atoms with E-state index in [4.69, 9.17) is 4.74 Å². The molecule has 4 nitrogen and oxygen atoms in total. The van der Waals surface area contributed by atoms with Crippen LogP contribution < -0.4 is 10.1 Å². The average molecular weight is 287 g/mol. The molecule has 1 aliphatic carbocycles. The molecule has 1 aromatic carbocycles. The van der Waals surface area contributed by atoms with Crippen LogP contribution in [0.4, 0.5) is 5.69 Å². The summed E-state index contributed by atoms with van der Waals surface area (Å²) in [6.45, 7) is 0.0446. The molecular formula is C17H21NO3. The Morgan fingerprint density at radius 3 is 2.57 bits per heavy atom. The number of Topliss-reactive ketones (excluding diaryl/α,β-unsaturated/α-hetero) is 1. The summed E-state index contributed by atoms with van der Waals surface area (Å²) in [6.07, 6.45) is 8.01. The highest BCUT2D eigenvalue weighted by Crippen LogP contribution is 2.31. The smallest absolute Gasteiger partial charge is 0.262 e. The first kappa shape index (κ1) is 14.1. The van der Waals surface area contributed by atoms with Gasteiger partial charge in [-0.15, -0.1) is 0 Å². The Bertz CT molecular complexity index is 545. The van der Waals surface area contributed by atoms with Crippen LogP contribution in [0.1, 0.15) is 55.3 Å². The molecule has 0 radical (unpaired) electrons. The first-order chi connectivity index (χ1) is 10.2. The van der Waals surface area contributed by atoms with Crippen LogP contribution >= 0.6 is 0 Å². The van der Waals surface area contributed by atoms with Gasteiger partial charge in [0.2, 0.25) is 0 Å². The van der Waals surface area contributed by atoms with E-state index in [0.29, 0.717) is 17.0 Å². The average Bonchev–Trinajstić information content (AvgIpc) is 2.45. The van der Waals surface area contributed by atoms with Crippen LogP contribution in [0.5, 0.6) is 5.75 Å². The van der Waals surface area contributed by atoms with E-state index < -0.39 is 0 Å². The number of benzene rings is 1. The molecule has 1 amide bonds. The van der Waals surface area contributed by atoms with Crippen molar-refractivity contribution in [3.63, 3.8) is 0 Å². The van der Waals surface area contributed by atoms with E-state index in [0.717, 1.165) is 25.7 Å². The molecular weight excluding hydrogens is 266 g/mol. The second-order valence-electron chi connectivity index (χ2n) is 5.95. The first-order valence-electron chi connectivity index (χ1n) is 7.85. The molecule has 0 bridgehead atoms. The third-order valence-electron chi connectivity index (χ3n) is 4.37. The second-order valence-corrected chi connectivity index (χ2v) is 5.95. The lowest BCUT2D eigenvalue weighted by Crippen LogP contribution is -2.26. The van der Waals surface area contributed by atoms with Crippen LogP contribution in [0.15, 0.2) is 18.2 Å². The Morgan fingerprint density at radius 2 is 1.81 bits per heavy atom. The van der Waals surface area contributed by atoms with Crippen molar-refractivity contribution in [1.82, 2.24) is 0 Å². The minimum absolute atomic E-state index is 0.0446. The molecule has 1 N–H and O–H groups in total. The second kappa shape index (κ2) is 6.29. The van der Waals surface area contributed by atoms with E-state index in [9.17, 15) is 9.59 Å². The zero-order valence-corrected chi connectivity index (χ0v) is 12.2. The highest BCUT2D eigenvalue weighted by molar-refractivity contribution is 6.01. The van der Waals surface area contributed by atoms with E-state index in [-0.39, 0.29) is 24.2 Å². The molecule has 0 saturated heterocycles. The van der Waals surface area contributed by atoms with Crippen LogP contribution in [0, 0.1) is 5.92 Å². The quantitative estimate of drug-likeness (QED) is 0.846. The topological polar surface area (TPSA) is 55.4 Å². The number of fused-ring (bicyclic) bond motifs is 1. The summed E-state index contributed by atoms with van der Waals surface area (Å²) in [5, 5.41) is 2.76. The van der Waals surface area contributed by atoms with Crippen molar-refractivity contribution < 1.29 is 14.3 Å². The largest absolute Gasteiger partial charge is 0.482 e. The normalized spacial score (nSPS) is 19.7. The third-order valence-corrected chi connectivity index (χ3v) is 4.37. The molecule has 1 aliphatic heterocycles. The van der Waals surface area contributed by atoms with Gasteiger partial charge in [0.1, 0.15) is 5.75 Å². The number of ketones is 1. The van der Waals surface area contributed by atoms with E-state index in [1.54, 1.807) is 12.1 Å². The number of carbonyl (C=O) groups excluding carboxylic acids is 2. The number of nitrogens with one attached hydrogen (secondary N) is 1. The molecule has 1 fully saturated rings. The molecule has 0 unspecified atom stereocenters. The molecule has 0 atom stereocenters. The molecule has 1 heterocycles. The van der Waals surface area contributed by atoms with Gasteiger partial charge in [-0.25, -0.2) is 0 Å². The van der Waals surface area contributed by atoms with Crippen molar-refractivity contribution in [2.75, 3.05) is 11.9 Å². The first-order valence-corrected chi connectivity index (χ1v) is 7.85. The van der Waals surface area contributed by atoms with Crippen molar-refractivity contribution in [3.8, 4) is 5.75 Å². The van der Waals surface area contributed by atoms with Crippen LogP contribution in [0.3, 0.4) is 0 Å². The van der Waals surface area contributed by atoms with Gasteiger partial charge in [0.25, 0.3) is 5.91 Å². The zero-order chi connectivity index (χ0) is 14.7. The molecule has 21 heavy (non-hydrogen) atoms. The maximum atomic E-state index is 12.7. The Labute approximate surface area is 124 Å². The molecule has 112 valence electrons. The van der Waals surface area contributed by atoms with E-state index >= 15 is 0 Å². The summed E-state index contributed by atoms with van der Waals surface area (Å²) < 4.78 is 5.33. The lowest BCUT2D eigenvalue weighted by molar-refractivity contribution is -0.118. The highest BCUT2D eigenvalue weighted by Gasteiger charge is 2.23. The molecule has 1 aromatic rings. The number of anilines is 1. The van der Waals surface area contributed by atoms with Gasteiger partial charge in [-0.2, -0.15) is 0 Å². The van der Waals surface area contributed by atoms with Gasteiger partial charge >= 0.3 is 0 Å². The maximum absolute atomic E-state index is 12.7. The summed E-state index contributed by atoms with van der Waals surface area (Å²) in [4.78, 5) is 24.0. The van der Waals surface area contributed by atoms with Gasteiger partial charge in [0, 0.05) is 11.5 Å². The number of amides is 1. The summed E-state index contributed by atoms with van der Waals surface area (Å²) in [7, 11) is 0. The maximum Gasteiger partial charge on any atom is 0.262 e. The SMILES string of the molecule is O=C1COc2ccc(C(=O)C3CCCCCCC3)cc2N1. The molecule has 0 aromatic heterocycles.